The highest BCUT2D eigenvalue weighted by Crippen LogP contribution is 2.13. The van der Waals surface area contributed by atoms with Gasteiger partial charge in [-0.3, -0.25) is 4.79 Å². The summed E-state index contributed by atoms with van der Waals surface area (Å²) in [6.07, 6.45) is 1.42. The standard InChI is InChI=1S/C12H22O4/c1-6-9(3)11(14)15-8-10(13)16-12(4,5)7-2/h9H,6-8H2,1-5H3. The van der Waals surface area contributed by atoms with Gasteiger partial charge in [-0.15, -0.1) is 0 Å². The molecule has 1 atom stereocenters. The molecule has 0 bridgehead atoms. The molecule has 16 heavy (non-hydrogen) atoms. The normalized spacial score (nSPS) is 13.1. The number of rotatable bonds is 6. The Kier molecular flexibility index (Phi) is 6.08. The highest BCUT2D eigenvalue weighted by atomic mass is 16.6. The Hall–Kier alpha value is -1.06. The number of esters is 2. The monoisotopic (exact) mass is 230 g/mol. The molecule has 94 valence electrons. The van der Waals surface area contributed by atoms with E-state index in [0.29, 0.717) is 6.42 Å². The van der Waals surface area contributed by atoms with Gasteiger partial charge < -0.3 is 9.47 Å². The number of carbonyl (C=O) groups excluding carboxylic acids is 2. The Balaban J connectivity index is 3.95. The fourth-order valence-corrected chi connectivity index (χ4v) is 0.849. The van der Waals surface area contributed by atoms with Crippen LogP contribution in [0.1, 0.15) is 47.5 Å². The van der Waals surface area contributed by atoms with Gasteiger partial charge in [0, 0.05) is 0 Å². The van der Waals surface area contributed by atoms with Gasteiger partial charge in [0.25, 0.3) is 0 Å². The average Bonchev–Trinajstić information content (AvgIpc) is 2.24. The lowest BCUT2D eigenvalue weighted by atomic mass is 10.1. The highest BCUT2D eigenvalue weighted by Gasteiger charge is 2.21. The van der Waals surface area contributed by atoms with E-state index in [2.05, 4.69) is 0 Å². The second-order valence-electron chi connectivity index (χ2n) is 4.50. The Labute approximate surface area is 97.3 Å². The van der Waals surface area contributed by atoms with Crippen LogP contribution in [-0.2, 0) is 19.1 Å². The number of ether oxygens (including phenoxy) is 2. The van der Waals surface area contributed by atoms with Crippen LogP contribution in [-0.4, -0.2) is 24.1 Å². The molecule has 0 spiro atoms. The molecular weight excluding hydrogens is 208 g/mol. The first kappa shape index (κ1) is 14.9. The SMILES string of the molecule is CCC(C)C(=O)OCC(=O)OC(C)(C)CC. The lowest BCUT2D eigenvalue weighted by Gasteiger charge is -2.23. The summed E-state index contributed by atoms with van der Waals surface area (Å²) in [5, 5.41) is 0. The summed E-state index contributed by atoms with van der Waals surface area (Å²) in [7, 11) is 0. The molecule has 0 amide bonds. The van der Waals surface area contributed by atoms with Crippen molar-refractivity contribution in [1.29, 1.82) is 0 Å². The minimum Gasteiger partial charge on any atom is -0.457 e. The largest absolute Gasteiger partial charge is 0.457 e. The lowest BCUT2D eigenvalue weighted by Crippen LogP contribution is -2.30. The maximum atomic E-state index is 11.3. The quantitative estimate of drug-likeness (QED) is 0.657. The van der Waals surface area contributed by atoms with Crippen LogP contribution in [0.15, 0.2) is 0 Å². The molecule has 4 heteroatoms. The van der Waals surface area contributed by atoms with Crippen molar-refractivity contribution in [3.8, 4) is 0 Å². The fraction of sp³-hybridized carbons (Fsp3) is 0.833. The zero-order valence-corrected chi connectivity index (χ0v) is 10.8. The molecular formula is C12H22O4. The van der Waals surface area contributed by atoms with E-state index in [4.69, 9.17) is 9.47 Å². The van der Waals surface area contributed by atoms with Crippen LogP contribution in [0.4, 0.5) is 0 Å². The van der Waals surface area contributed by atoms with Gasteiger partial charge in [0.05, 0.1) is 5.92 Å². The highest BCUT2D eigenvalue weighted by molar-refractivity contribution is 5.77. The molecule has 0 aromatic heterocycles. The van der Waals surface area contributed by atoms with Crippen LogP contribution in [0.2, 0.25) is 0 Å². The van der Waals surface area contributed by atoms with Gasteiger partial charge in [0.2, 0.25) is 0 Å². The third-order valence-corrected chi connectivity index (χ3v) is 2.59. The van der Waals surface area contributed by atoms with Crippen molar-refractivity contribution < 1.29 is 19.1 Å². The minimum atomic E-state index is -0.500. The van der Waals surface area contributed by atoms with E-state index in [1.807, 2.05) is 27.7 Å². The summed E-state index contributed by atoms with van der Waals surface area (Å²) in [6.45, 7) is 8.93. The van der Waals surface area contributed by atoms with Crippen molar-refractivity contribution in [3.05, 3.63) is 0 Å². The zero-order chi connectivity index (χ0) is 12.8. The Morgan fingerprint density at radius 2 is 1.81 bits per heavy atom. The van der Waals surface area contributed by atoms with E-state index in [1.165, 1.54) is 0 Å². The molecule has 0 rings (SSSR count). The molecule has 4 nitrogen and oxygen atoms in total. The molecule has 0 aromatic rings. The molecule has 1 unspecified atom stereocenters. The second-order valence-corrected chi connectivity index (χ2v) is 4.50. The van der Waals surface area contributed by atoms with Gasteiger partial charge in [0.15, 0.2) is 6.61 Å². The van der Waals surface area contributed by atoms with Crippen molar-refractivity contribution in [1.82, 2.24) is 0 Å². The van der Waals surface area contributed by atoms with Crippen LogP contribution >= 0.6 is 0 Å². The maximum Gasteiger partial charge on any atom is 0.344 e. The summed E-state index contributed by atoms with van der Waals surface area (Å²) >= 11 is 0. The fourth-order valence-electron chi connectivity index (χ4n) is 0.849. The summed E-state index contributed by atoms with van der Waals surface area (Å²) < 4.78 is 9.97. The number of carbonyl (C=O) groups is 2. The molecule has 0 fully saturated rings. The van der Waals surface area contributed by atoms with Crippen LogP contribution in [0.5, 0.6) is 0 Å². The van der Waals surface area contributed by atoms with Gasteiger partial charge >= 0.3 is 11.9 Å². The molecule has 0 saturated heterocycles. The third-order valence-electron chi connectivity index (χ3n) is 2.59. The van der Waals surface area contributed by atoms with E-state index >= 15 is 0 Å². The molecule has 0 saturated carbocycles. The van der Waals surface area contributed by atoms with Crippen LogP contribution in [0, 0.1) is 5.92 Å². The molecule has 0 radical (unpaired) electrons. The zero-order valence-electron chi connectivity index (χ0n) is 10.8. The molecule has 0 aliphatic heterocycles. The number of hydrogen-bond donors (Lipinski definition) is 0. The molecule has 0 aliphatic rings. The predicted octanol–water partition coefficient (Wildman–Crippen LogP) is 2.31. The van der Waals surface area contributed by atoms with E-state index in [-0.39, 0.29) is 18.5 Å². The molecule has 0 aliphatic carbocycles. The minimum absolute atomic E-state index is 0.174. The third kappa shape index (κ3) is 5.73. The smallest absolute Gasteiger partial charge is 0.344 e. The van der Waals surface area contributed by atoms with Gasteiger partial charge in [0.1, 0.15) is 5.60 Å². The molecule has 0 heterocycles. The van der Waals surface area contributed by atoms with Crippen molar-refractivity contribution in [2.24, 2.45) is 5.92 Å². The van der Waals surface area contributed by atoms with Crippen molar-refractivity contribution in [2.75, 3.05) is 6.61 Å². The van der Waals surface area contributed by atoms with Crippen LogP contribution in [0.3, 0.4) is 0 Å². The van der Waals surface area contributed by atoms with Crippen molar-refractivity contribution in [2.45, 2.75) is 53.1 Å². The summed E-state index contributed by atoms with van der Waals surface area (Å²) in [5.74, 6) is -1.02. The van der Waals surface area contributed by atoms with E-state index in [9.17, 15) is 9.59 Å². The van der Waals surface area contributed by atoms with Gasteiger partial charge in [-0.1, -0.05) is 20.8 Å². The molecule has 0 aromatic carbocycles. The van der Waals surface area contributed by atoms with Gasteiger partial charge in [-0.05, 0) is 26.7 Å². The van der Waals surface area contributed by atoms with Gasteiger partial charge in [-0.25, -0.2) is 4.79 Å². The van der Waals surface area contributed by atoms with Crippen molar-refractivity contribution in [3.63, 3.8) is 0 Å². The van der Waals surface area contributed by atoms with Gasteiger partial charge in [-0.2, -0.15) is 0 Å². The first-order valence-electron chi connectivity index (χ1n) is 5.70. The average molecular weight is 230 g/mol. The van der Waals surface area contributed by atoms with E-state index in [0.717, 1.165) is 6.42 Å². The predicted molar refractivity (Wildman–Crippen MR) is 60.9 cm³/mol. The van der Waals surface area contributed by atoms with Crippen molar-refractivity contribution >= 4 is 11.9 Å². The van der Waals surface area contributed by atoms with Crippen LogP contribution < -0.4 is 0 Å². The van der Waals surface area contributed by atoms with E-state index in [1.54, 1.807) is 6.92 Å². The topological polar surface area (TPSA) is 52.6 Å². The Morgan fingerprint density at radius 3 is 2.25 bits per heavy atom. The summed E-state index contributed by atoms with van der Waals surface area (Å²) in [5.41, 5.74) is -0.500. The first-order chi connectivity index (χ1) is 7.32. The Morgan fingerprint density at radius 1 is 1.25 bits per heavy atom. The molecule has 0 N–H and O–H groups in total. The number of hydrogen-bond acceptors (Lipinski definition) is 4. The van der Waals surface area contributed by atoms with E-state index < -0.39 is 11.6 Å². The van der Waals surface area contributed by atoms with Crippen LogP contribution in [0.25, 0.3) is 0 Å². The second kappa shape index (κ2) is 6.51. The Bertz CT molecular complexity index is 245. The summed E-state index contributed by atoms with van der Waals surface area (Å²) in [6, 6.07) is 0. The summed E-state index contributed by atoms with van der Waals surface area (Å²) in [4.78, 5) is 22.6. The maximum absolute atomic E-state index is 11.3. The lowest BCUT2D eigenvalue weighted by molar-refractivity contribution is -0.169. The first-order valence-corrected chi connectivity index (χ1v) is 5.70.